The van der Waals surface area contributed by atoms with Crippen molar-refractivity contribution in [3.63, 3.8) is 0 Å². The Kier molecular flexibility index (Phi) is 7.03. The van der Waals surface area contributed by atoms with Crippen LogP contribution >= 0.6 is 0 Å². The van der Waals surface area contributed by atoms with E-state index >= 15 is 0 Å². The largest absolute Gasteiger partial charge is 0.465 e. The third-order valence-electron chi connectivity index (χ3n) is 5.29. The van der Waals surface area contributed by atoms with Crippen molar-refractivity contribution in [2.45, 2.75) is 52.2 Å². The van der Waals surface area contributed by atoms with E-state index in [0.29, 0.717) is 18.3 Å². The number of aryl methyl sites for hydroxylation is 2. The smallest absolute Gasteiger partial charge is 0.191 e. The Labute approximate surface area is 173 Å². The number of rotatable bonds is 8. The normalized spacial score (nSPS) is 18.6. The Morgan fingerprint density at radius 1 is 1.14 bits per heavy atom. The lowest BCUT2D eigenvalue weighted by Crippen LogP contribution is -2.43. The first kappa shape index (κ1) is 21.5. The van der Waals surface area contributed by atoms with Crippen molar-refractivity contribution in [3.05, 3.63) is 47.3 Å². The van der Waals surface area contributed by atoms with Crippen molar-refractivity contribution in [3.8, 4) is 0 Å². The molecule has 0 saturated carbocycles. The number of hydrogen-bond donors (Lipinski definition) is 3. The van der Waals surface area contributed by atoms with Gasteiger partial charge in [-0.05, 0) is 77.9 Å². The van der Waals surface area contributed by atoms with Crippen LogP contribution in [0.2, 0.25) is 0 Å². The van der Waals surface area contributed by atoms with Crippen LogP contribution in [0.4, 0.5) is 0 Å². The summed E-state index contributed by atoms with van der Waals surface area (Å²) >= 11 is 0. The first-order valence-electron chi connectivity index (χ1n) is 10.5. The Morgan fingerprint density at radius 3 is 2.41 bits per heavy atom. The molecule has 3 heterocycles. The number of nitrogens with one attached hydrogen (secondary N) is 2. The molecule has 0 aliphatic carbocycles. The first-order chi connectivity index (χ1) is 13.9. The van der Waals surface area contributed by atoms with Gasteiger partial charge in [-0.1, -0.05) is 0 Å². The van der Waals surface area contributed by atoms with Crippen LogP contribution in [0.3, 0.4) is 0 Å². The molecule has 3 N–H and O–H groups in total. The Hall–Kier alpha value is -2.25. The molecule has 1 aliphatic rings. The molecule has 160 valence electrons. The molecule has 7 nitrogen and oxygen atoms in total. The molecule has 0 radical (unpaired) electrons. The molecule has 1 saturated heterocycles. The van der Waals surface area contributed by atoms with Crippen LogP contribution < -0.4 is 10.6 Å². The molecule has 0 bridgehead atoms. The monoisotopic (exact) mass is 402 g/mol. The molecule has 1 fully saturated rings. The van der Waals surface area contributed by atoms with Gasteiger partial charge >= 0.3 is 0 Å². The molecule has 0 aromatic carbocycles. The highest BCUT2D eigenvalue weighted by atomic mass is 16.4. The van der Waals surface area contributed by atoms with Crippen molar-refractivity contribution in [1.82, 2.24) is 15.5 Å². The van der Waals surface area contributed by atoms with Crippen molar-refractivity contribution in [2.24, 2.45) is 4.99 Å². The second-order valence-electron chi connectivity index (χ2n) is 7.97. The number of furan rings is 2. The van der Waals surface area contributed by atoms with Gasteiger partial charge in [0, 0.05) is 13.1 Å². The van der Waals surface area contributed by atoms with Crippen LogP contribution in [0.15, 0.2) is 38.1 Å². The van der Waals surface area contributed by atoms with Gasteiger partial charge in [0.2, 0.25) is 0 Å². The molecule has 2 atom stereocenters. The summed E-state index contributed by atoms with van der Waals surface area (Å²) in [7, 11) is 0. The number of aliphatic hydroxyl groups is 1. The van der Waals surface area contributed by atoms with Crippen molar-refractivity contribution < 1.29 is 13.9 Å². The number of nitrogens with zero attached hydrogens (tertiary/aromatic N) is 2. The number of likely N-dealkylation sites (tertiary alicyclic amines) is 1. The topological polar surface area (TPSA) is 86.2 Å². The molecule has 2 aromatic rings. The summed E-state index contributed by atoms with van der Waals surface area (Å²) in [5, 5.41) is 17.5. The van der Waals surface area contributed by atoms with E-state index in [1.165, 1.54) is 12.8 Å². The lowest BCUT2D eigenvalue weighted by atomic mass is 10.0. The Morgan fingerprint density at radius 2 is 1.83 bits per heavy atom. The summed E-state index contributed by atoms with van der Waals surface area (Å²) in [6, 6.07) is 7.88. The van der Waals surface area contributed by atoms with Crippen molar-refractivity contribution in [2.75, 3.05) is 32.7 Å². The van der Waals surface area contributed by atoms with E-state index in [0.717, 1.165) is 36.9 Å². The van der Waals surface area contributed by atoms with Crippen LogP contribution in [-0.2, 0) is 5.60 Å². The van der Waals surface area contributed by atoms with Crippen LogP contribution in [-0.4, -0.2) is 48.7 Å². The van der Waals surface area contributed by atoms with Gasteiger partial charge in [-0.3, -0.25) is 4.90 Å². The fourth-order valence-electron chi connectivity index (χ4n) is 3.67. The van der Waals surface area contributed by atoms with E-state index in [1.807, 2.05) is 32.9 Å². The van der Waals surface area contributed by atoms with E-state index in [1.54, 1.807) is 13.0 Å². The predicted molar refractivity (Wildman–Crippen MR) is 114 cm³/mol. The Balaban J connectivity index is 1.68. The maximum atomic E-state index is 10.8. The van der Waals surface area contributed by atoms with Gasteiger partial charge in [0.15, 0.2) is 5.96 Å². The minimum absolute atomic E-state index is 0.156. The molecular formula is C22H34N4O3. The van der Waals surface area contributed by atoms with E-state index in [4.69, 9.17) is 8.83 Å². The molecule has 2 unspecified atom stereocenters. The van der Waals surface area contributed by atoms with Gasteiger partial charge in [0.25, 0.3) is 0 Å². The van der Waals surface area contributed by atoms with E-state index in [9.17, 15) is 5.11 Å². The summed E-state index contributed by atoms with van der Waals surface area (Å²) < 4.78 is 11.5. The lowest BCUT2D eigenvalue weighted by molar-refractivity contribution is 0.0428. The summed E-state index contributed by atoms with van der Waals surface area (Å²) in [4.78, 5) is 7.06. The Bertz CT molecular complexity index is 803. The maximum absolute atomic E-state index is 10.8. The van der Waals surface area contributed by atoms with Gasteiger partial charge in [-0.25, -0.2) is 4.99 Å². The molecule has 2 aromatic heterocycles. The second kappa shape index (κ2) is 9.50. The zero-order chi connectivity index (χ0) is 20.9. The van der Waals surface area contributed by atoms with Crippen LogP contribution in [0.25, 0.3) is 0 Å². The van der Waals surface area contributed by atoms with Gasteiger partial charge in [-0.2, -0.15) is 0 Å². The molecule has 7 heteroatoms. The molecule has 3 rings (SSSR count). The van der Waals surface area contributed by atoms with Crippen molar-refractivity contribution in [1.29, 1.82) is 0 Å². The number of guanidine groups is 1. The van der Waals surface area contributed by atoms with Crippen LogP contribution in [0, 0.1) is 13.8 Å². The third kappa shape index (κ3) is 5.64. The van der Waals surface area contributed by atoms with E-state index < -0.39 is 5.60 Å². The highest BCUT2D eigenvalue weighted by Gasteiger charge is 2.28. The minimum atomic E-state index is -1.16. The standard InChI is InChI=1S/C22H34N4O3/c1-5-23-21(25-15-22(4,27)20-11-9-17(3)29-20)24-14-18(26-12-6-7-13-26)19-10-8-16(2)28-19/h8-11,18,27H,5-7,12-15H2,1-4H3,(H2,23,24,25). The van der Waals surface area contributed by atoms with Gasteiger partial charge < -0.3 is 24.6 Å². The lowest BCUT2D eigenvalue weighted by Gasteiger charge is -2.27. The van der Waals surface area contributed by atoms with Crippen molar-refractivity contribution >= 4 is 5.96 Å². The highest BCUT2D eigenvalue weighted by molar-refractivity contribution is 5.79. The summed E-state index contributed by atoms with van der Waals surface area (Å²) in [5.41, 5.74) is -1.16. The van der Waals surface area contributed by atoms with Crippen LogP contribution in [0.1, 0.15) is 55.8 Å². The van der Waals surface area contributed by atoms with Gasteiger partial charge in [0.1, 0.15) is 28.6 Å². The molecular weight excluding hydrogens is 368 g/mol. The zero-order valence-electron chi connectivity index (χ0n) is 18.0. The van der Waals surface area contributed by atoms with E-state index in [2.05, 4.69) is 26.6 Å². The number of hydrogen-bond acceptors (Lipinski definition) is 5. The average molecular weight is 403 g/mol. The summed E-state index contributed by atoms with van der Waals surface area (Å²) in [5.74, 6) is 3.87. The summed E-state index contributed by atoms with van der Waals surface area (Å²) in [6.07, 6.45) is 2.44. The quantitative estimate of drug-likeness (QED) is 0.465. The molecule has 1 aliphatic heterocycles. The molecule has 0 spiro atoms. The van der Waals surface area contributed by atoms with Gasteiger partial charge in [0.05, 0.1) is 12.6 Å². The van der Waals surface area contributed by atoms with Crippen LogP contribution in [0.5, 0.6) is 0 Å². The fourth-order valence-corrected chi connectivity index (χ4v) is 3.67. The first-order valence-corrected chi connectivity index (χ1v) is 10.5. The third-order valence-corrected chi connectivity index (χ3v) is 5.29. The minimum Gasteiger partial charge on any atom is -0.465 e. The molecule has 0 amide bonds. The molecule has 29 heavy (non-hydrogen) atoms. The second-order valence-corrected chi connectivity index (χ2v) is 7.97. The highest BCUT2D eigenvalue weighted by Crippen LogP contribution is 2.26. The predicted octanol–water partition coefficient (Wildman–Crippen LogP) is 3.09. The van der Waals surface area contributed by atoms with Gasteiger partial charge in [-0.15, -0.1) is 0 Å². The average Bonchev–Trinajstić information content (AvgIpc) is 3.43. The zero-order valence-corrected chi connectivity index (χ0v) is 18.0. The SMILES string of the molecule is CCNC(=NCC(C)(O)c1ccc(C)o1)NCC(c1ccc(C)o1)N1CCCC1. The van der Waals surface area contributed by atoms with E-state index in [-0.39, 0.29) is 12.6 Å². The summed E-state index contributed by atoms with van der Waals surface area (Å²) in [6.45, 7) is 11.4. The number of aliphatic imine (C=N–C) groups is 1. The maximum Gasteiger partial charge on any atom is 0.191 e. The fraction of sp³-hybridized carbons (Fsp3) is 0.591.